The Bertz CT molecular complexity index is 1090. The molecule has 0 aliphatic heterocycles. The molecule has 2 aromatic carbocycles. The van der Waals surface area contributed by atoms with E-state index in [4.69, 9.17) is 20.6 Å². The number of rotatable bonds is 8. The molecule has 31 heavy (non-hydrogen) atoms. The first-order valence-corrected chi connectivity index (χ1v) is 9.67. The van der Waals surface area contributed by atoms with E-state index in [1.54, 1.807) is 38.6 Å². The fourth-order valence-corrected chi connectivity index (χ4v) is 3.11. The summed E-state index contributed by atoms with van der Waals surface area (Å²) in [4.78, 5) is 17.6. The monoisotopic (exact) mass is 416 g/mol. The highest BCUT2D eigenvalue weighted by Gasteiger charge is 2.23. The highest BCUT2D eigenvalue weighted by molar-refractivity contribution is 5.98. The van der Waals surface area contributed by atoms with E-state index in [1.165, 1.54) is 0 Å². The molecule has 1 aromatic heterocycles. The molecule has 0 aliphatic carbocycles. The van der Waals surface area contributed by atoms with Crippen LogP contribution in [-0.2, 0) is 9.53 Å². The second-order valence-electron chi connectivity index (χ2n) is 6.76. The maximum absolute atomic E-state index is 13.1. The van der Waals surface area contributed by atoms with Crippen LogP contribution in [-0.4, -0.2) is 31.7 Å². The maximum Gasteiger partial charge on any atom is 0.258 e. The molecule has 3 rings (SSSR count). The molecule has 0 radical (unpaired) electrons. The SMILES string of the molecule is C#CCOC(C(=O)Nc1cccnc1-c1ccc(OC)c(OC)c1)c1ccc(C)cc1. The van der Waals surface area contributed by atoms with Crippen molar-refractivity contribution in [1.29, 1.82) is 0 Å². The van der Waals surface area contributed by atoms with Crippen LogP contribution in [0.1, 0.15) is 17.2 Å². The van der Waals surface area contributed by atoms with Gasteiger partial charge >= 0.3 is 0 Å². The standard InChI is InChI=1S/C25H24N2O4/c1-5-15-31-24(18-10-8-17(2)9-11-18)25(28)27-20-7-6-14-26-23(20)19-12-13-21(29-3)22(16-19)30-4/h1,6-14,16,24H,15H2,2-4H3,(H,27,28). The van der Waals surface area contributed by atoms with E-state index in [1.807, 2.05) is 43.3 Å². The highest BCUT2D eigenvalue weighted by atomic mass is 16.5. The molecule has 0 aliphatic rings. The molecule has 6 nitrogen and oxygen atoms in total. The van der Waals surface area contributed by atoms with Crippen molar-refractivity contribution in [2.75, 3.05) is 26.1 Å². The number of carbonyl (C=O) groups is 1. The average molecular weight is 416 g/mol. The minimum absolute atomic E-state index is 0.0154. The maximum atomic E-state index is 13.1. The summed E-state index contributed by atoms with van der Waals surface area (Å²) in [5.41, 5.74) is 3.71. The molecule has 0 saturated heterocycles. The van der Waals surface area contributed by atoms with Crippen molar-refractivity contribution in [2.24, 2.45) is 0 Å². The molecule has 1 amide bonds. The molecular formula is C25H24N2O4. The van der Waals surface area contributed by atoms with Gasteiger partial charge in [-0.3, -0.25) is 9.78 Å². The quantitative estimate of drug-likeness (QED) is 0.551. The van der Waals surface area contributed by atoms with Crippen LogP contribution in [0.5, 0.6) is 11.5 Å². The predicted molar refractivity (Wildman–Crippen MR) is 120 cm³/mol. The number of anilines is 1. The van der Waals surface area contributed by atoms with Gasteiger partial charge in [-0.15, -0.1) is 6.42 Å². The lowest BCUT2D eigenvalue weighted by atomic mass is 10.1. The Morgan fingerprint density at radius 3 is 2.52 bits per heavy atom. The number of aromatic nitrogens is 1. The number of terminal acetylenes is 1. The van der Waals surface area contributed by atoms with E-state index in [0.29, 0.717) is 22.9 Å². The number of benzene rings is 2. The minimum atomic E-state index is -0.852. The lowest BCUT2D eigenvalue weighted by molar-refractivity contribution is -0.126. The van der Waals surface area contributed by atoms with E-state index in [9.17, 15) is 4.79 Å². The third-order valence-corrected chi connectivity index (χ3v) is 4.67. The molecule has 0 fully saturated rings. The molecule has 158 valence electrons. The van der Waals surface area contributed by atoms with Crippen LogP contribution in [0.4, 0.5) is 5.69 Å². The molecule has 6 heteroatoms. The summed E-state index contributed by atoms with van der Waals surface area (Å²) in [5, 5.41) is 2.93. The number of aryl methyl sites for hydroxylation is 1. The average Bonchev–Trinajstić information content (AvgIpc) is 2.80. The summed E-state index contributed by atoms with van der Waals surface area (Å²) in [6, 6.07) is 16.5. The third kappa shape index (κ3) is 5.21. The van der Waals surface area contributed by atoms with Crippen LogP contribution < -0.4 is 14.8 Å². The number of nitrogens with zero attached hydrogens (tertiary/aromatic N) is 1. The van der Waals surface area contributed by atoms with E-state index >= 15 is 0 Å². The summed E-state index contributed by atoms with van der Waals surface area (Å²) in [5.74, 6) is 3.25. The fourth-order valence-electron chi connectivity index (χ4n) is 3.11. The van der Waals surface area contributed by atoms with Gasteiger partial charge in [0.2, 0.25) is 0 Å². The van der Waals surface area contributed by atoms with Gasteiger partial charge in [-0.05, 0) is 42.8 Å². The van der Waals surface area contributed by atoms with Gasteiger partial charge in [0.05, 0.1) is 25.6 Å². The Labute approximate surface area is 182 Å². The van der Waals surface area contributed by atoms with Crippen LogP contribution in [0.25, 0.3) is 11.3 Å². The van der Waals surface area contributed by atoms with Crippen molar-refractivity contribution in [3.63, 3.8) is 0 Å². The molecule has 0 bridgehead atoms. The first kappa shape index (κ1) is 21.9. The highest BCUT2D eigenvalue weighted by Crippen LogP contribution is 2.34. The van der Waals surface area contributed by atoms with Crippen LogP contribution in [0.3, 0.4) is 0 Å². The Hall–Kier alpha value is -3.82. The third-order valence-electron chi connectivity index (χ3n) is 4.67. The van der Waals surface area contributed by atoms with Crippen molar-refractivity contribution < 1.29 is 19.0 Å². The molecule has 1 atom stereocenters. The lowest BCUT2D eigenvalue weighted by Crippen LogP contribution is -2.24. The van der Waals surface area contributed by atoms with Crippen molar-refractivity contribution >= 4 is 11.6 Å². The molecule has 0 spiro atoms. The second-order valence-corrected chi connectivity index (χ2v) is 6.76. The van der Waals surface area contributed by atoms with Crippen molar-refractivity contribution in [3.05, 3.63) is 71.9 Å². The largest absolute Gasteiger partial charge is 0.493 e. The molecule has 1 unspecified atom stereocenters. The molecule has 1 heterocycles. The number of ether oxygens (including phenoxy) is 3. The van der Waals surface area contributed by atoms with E-state index in [2.05, 4.69) is 16.2 Å². The number of amides is 1. The molecular weight excluding hydrogens is 392 g/mol. The normalized spacial score (nSPS) is 11.3. The smallest absolute Gasteiger partial charge is 0.258 e. The van der Waals surface area contributed by atoms with E-state index < -0.39 is 6.10 Å². The first-order chi connectivity index (χ1) is 15.1. The van der Waals surface area contributed by atoms with Crippen molar-refractivity contribution in [3.8, 4) is 35.1 Å². The summed E-state index contributed by atoms with van der Waals surface area (Å²) < 4.78 is 16.3. The molecule has 3 aromatic rings. The Morgan fingerprint density at radius 1 is 1.10 bits per heavy atom. The van der Waals surface area contributed by atoms with Crippen LogP contribution in [0, 0.1) is 19.3 Å². The Kier molecular flexibility index (Phi) is 7.26. The second kappa shape index (κ2) is 10.3. The number of pyridine rings is 1. The topological polar surface area (TPSA) is 69.7 Å². The van der Waals surface area contributed by atoms with Gasteiger partial charge in [0, 0.05) is 11.8 Å². The molecule has 1 N–H and O–H groups in total. The zero-order valence-electron chi connectivity index (χ0n) is 17.7. The minimum Gasteiger partial charge on any atom is -0.493 e. The van der Waals surface area contributed by atoms with Gasteiger partial charge in [-0.25, -0.2) is 0 Å². The zero-order chi connectivity index (χ0) is 22.2. The Balaban J connectivity index is 1.92. The van der Waals surface area contributed by atoms with Crippen LogP contribution in [0.2, 0.25) is 0 Å². The fraction of sp³-hybridized carbons (Fsp3) is 0.200. The van der Waals surface area contributed by atoms with Gasteiger partial charge in [-0.1, -0.05) is 35.7 Å². The van der Waals surface area contributed by atoms with Gasteiger partial charge < -0.3 is 19.5 Å². The number of methoxy groups -OCH3 is 2. The van der Waals surface area contributed by atoms with Crippen LogP contribution >= 0.6 is 0 Å². The zero-order valence-corrected chi connectivity index (χ0v) is 17.7. The van der Waals surface area contributed by atoms with Crippen molar-refractivity contribution in [1.82, 2.24) is 4.98 Å². The first-order valence-electron chi connectivity index (χ1n) is 9.67. The van der Waals surface area contributed by atoms with Crippen LogP contribution in [0.15, 0.2) is 60.8 Å². The van der Waals surface area contributed by atoms with E-state index in [-0.39, 0.29) is 12.5 Å². The van der Waals surface area contributed by atoms with Gasteiger partial charge in [0.15, 0.2) is 17.6 Å². The molecule has 0 saturated carbocycles. The number of hydrogen-bond acceptors (Lipinski definition) is 5. The summed E-state index contributed by atoms with van der Waals surface area (Å²) in [7, 11) is 3.14. The predicted octanol–water partition coefficient (Wildman–Crippen LogP) is 4.40. The number of carbonyl (C=O) groups excluding carboxylic acids is 1. The number of hydrogen-bond donors (Lipinski definition) is 1. The van der Waals surface area contributed by atoms with E-state index in [0.717, 1.165) is 16.7 Å². The summed E-state index contributed by atoms with van der Waals surface area (Å²) >= 11 is 0. The lowest BCUT2D eigenvalue weighted by Gasteiger charge is -2.18. The van der Waals surface area contributed by atoms with Gasteiger partial charge in [0.25, 0.3) is 5.91 Å². The van der Waals surface area contributed by atoms with Crippen molar-refractivity contribution in [2.45, 2.75) is 13.0 Å². The van der Waals surface area contributed by atoms with Gasteiger partial charge in [-0.2, -0.15) is 0 Å². The summed E-state index contributed by atoms with van der Waals surface area (Å²) in [6.45, 7) is 1.99. The Morgan fingerprint density at radius 2 is 1.84 bits per heavy atom. The summed E-state index contributed by atoms with van der Waals surface area (Å²) in [6.07, 6.45) is 6.15. The number of nitrogens with one attached hydrogen (secondary N) is 1. The van der Waals surface area contributed by atoms with Gasteiger partial charge in [0.1, 0.15) is 6.61 Å².